The van der Waals surface area contributed by atoms with E-state index in [0.29, 0.717) is 25.1 Å². The summed E-state index contributed by atoms with van der Waals surface area (Å²) in [7, 11) is -3.74. The molecule has 5 nitrogen and oxygen atoms in total. The van der Waals surface area contributed by atoms with Crippen LogP contribution in [0.4, 0.5) is 0 Å². The summed E-state index contributed by atoms with van der Waals surface area (Å²) in [6.45, 7) is 5.00. The van der Waals surface area contributed by atoms with Gasteiger partial charge in [0.05, 0.1) is 4.90 Å². The molecule has 0 spiro atoms. The Bertz CT molecular complexity index is 920. The summed E-state index contributed by atoms with van der Waals surface area (Å²) < 4.78 is 23.0. The largest absolute Gasteiger partial charge is 0.334 e. The number of hydrogen-bond acceptors (Lipinski definition) is 3. The van der Waals surface area contributed by atoms with E-state index in [1.807, 2.05) is 32.0 Å². The summed E-state index contributed by atoms with van der Waals surface area (Å²) in [5, 5.41) is 5.20. The molecule has 0 saturated carbocycles. The molecule has 2 N–H and O–H groups in total. The Morgan fingerprint density at radius 3 is 2.46 bits per heavy atom. The maximum Gasteiger partial charge on any atom is 0.254 e. The van der Waals surface area contributed by atoms with Crippen LogP contribution in [0.3, 0.4) is 0 Å². The number of carbonyl (C=O) groups is 1. The predicted octanol–water partition coefficient (Wildman–Crippen LogP) is 2.15. The predicted molar refractivity (Wildman–Crippen MR) is 92.2 cm³/mol. The zero-order valence-electron chi connectivity index (χ0n) is 13.7. The van der Waals surface area contributed by atoms with Gasteiger partial charge in [-0.3, -0.25) is 4.79 Å². The van der Waals surface area contributed by atoms with E-state index in [1.54, 1.807) is 17.0 Å². The second-order valence-corrected chi connectivity index (χ2v) is 7.81. The molecule has 24 heavy (non-hydrogen) atoms. The number of hydrogen-bond donors (Lipinski definition) is 1. The molecular weight excluding hydrogens is 324 g/mol. The fourth-order valence-corrected chi connectivity index (χ4v) is 3.51. The topological polar surface area (TPSA) is 80.5 Å². The minimum atomic E-state index is -3.74. The highest BCUT2D eigenvalue weighted by molar-refractivity contribution is 7.89. The normalized spacial score (nSPS) is 14.4. The number of rotatable bonds is 2. The number of aryl methyl sites for hydroxylation is 2. The SMILES string of the molecule is Cc1ccc(C(=O)N2CCc3ccc(S(N)(=O)=O)cc3C2)cc1C. The van der Waals surface area contributed by atoms with Crippen molar-refractivity contribution in [3.8, 4) is 0 Å². The molecule has 1 amide bonds. The highest BCUT2D eigenvalue weighted by Gasteiger charge is 2.23. The van der Waals surface area contributed by atoms with Gasteiger partial charge in [0.2, 0.25) is 10.0 Å². The molecule has 0 fully saturated rings. The van der Waals surface area contributed by atoms with E-state index in [-0.39, 0.29) is 10.8 Å². The number of benzene rings is 2. The van der Waals surface area contributed by atoms with Gasteiger partial charge in [0.25, 0.3) is 5.91 Å². The molecule has 0 aromatic heterocycles. The van der Waals surface area contributed by atoms with Crippen LogP contribution in [0, 0.1) is 13.8 Å². The lowest BCUT2D eigenvalue weighted by molar-refractivity contribution is 0.0734. The fourth-order valence-electron chi connectivity index (χ4n) is 2.94. The monoisotopic (exact) mass is 344 g/mol. The molecular formula is C18H20N2O3S. The van der Waals surface area contributed by atoms with E-state index < -0.39 is 10.0 Å². The number of nitrogens with two attached hydrogens (primary N) is 1. The lowest BCUT2D eigenvalue weighted by atomic mass is 9.98. The van der Waals surface area contributed by atoms with Crippen LogP contribution in [0.25, 0.3) is 0 Å². The van der Waals surface area contributed by atoms with E-state index in [0.717, 1.165) is 22.3 Å². The molecule has 6 heteroatoms. The third-order valence-electron chi connectivity index (χ3n) is 4.56. The van der Waals surface area contributed by atoms with Crippen molar-refractivity contribution in [3.05, 3.63) is 64.2 Å². The standard InChI is InChI=1S/C18H20N2O3S/c1-12-3-4-15(9-13(12)2)18(21)20-8-7-14-5-6-17(24(19,22)23)10-16(14)11-20/h3-6,9-10H,7-8,11H2,1-2H3,(H2,19,22,23). The average molecular weight is 344 g/mol. The van der Waals surface area contributed by atoms with Crippen molar-refractivity contribution < 1.29 is 13.2 Å². The van der Waals surface area contributed by atoms with Gasteiger partial charge in [0, 0.05) is 18.7 Å². The number of carbonyl (C=O) groups excluding carboxylic acids is 1. The Balaban J connectivity index is 1.88. The maximum absolute atomic E-state index is 12.7. The van der Waals surface area contributed by atoms with Crippen LogP contribution in [-0.4, -0.2) is 25.8 Å². The van der Waals surface area contributed by atoms with Crippen molar-refractivity contribution in [2.75, 3.05) is 6.54 Å². The fraction of sp³-hybridized carbons (Fsp3) is 0.278. The van der Waals surface area contributed by atoms with Gasteiger partial charge >= 0.3 is 0 Å². The van der Waals surface area contributed by atoms with Crippen LogP contribution in [0.15, 0.2) is 41.3 Å². The first kappa shape index (κ1) is 16.7. The van der Waals surface area contributed by atoms with Crippen LogP contribution < -0.4 is 5.14 Å². The first-order valence-electron chi connectivity index (χ1n) is 7.77. The molecule has 2 aromatic rings. The molecule has 0 radical (unpaired) electrons. The average Bonchev–Trinajstić information content (AvgIpc) is 2.55. The zero-order chi connectivity index (χ0) is 17.5. The summed E-state index contributed by atoms with van der Waals surface area (Å²) in [6, 6.07) is 10.6. The maximum atomic E-state index is 12.7. The summed E-state index contributed by atoms with van der Waals surface area (Å²) in [5.74, 6) is -0.0373. The van der Waals surface area contributed by atoms with Crippen LogP contribution in [0.2, 0.25) is 0 Å². The van der Waals surface area contributed by atoms with E-state index in [9.17, 15) is 13.2 Å². The van der Waals surface area contributed by atoms with Crippen LogP contribution in [0.5, 0.6) is 0 Å². The summed E-state index contributed by atoms with van der Waals surface area (Å²) in [6.07, 6.45) is 0.705. The molecule has 2 aromatic carbocycles. The van der Waals surface area contributed by atoms with Crippen molar-refractivity contribution in [3.63, 3.8) is 0 Å². The Morgan fingerprint density at radius 2 is 1.79 bits per heavy atom. The molecule has 0 unspecified atom stereocenters. The van der Waals surface area contributed by atoms with Crippen molar-refractivity contribution >= 4 is 15.9 Å². The second kappa shape index (κ2) is 6.03. The minimum Gasteiger partial charge on any atom is -0.334 e. The highest BCUT2D eigenvalue weighted by atomic mass is 32.2. The van der Waals surface area contributed by atoms with Gasteiger partial charge in [-0.1, -0.05) is 12.1 Å². The molecule has 1 heterocycles. The Kier molecular flexibility index (Phi) is 4.19. The van der Waals surface area contributed by atoms with Gasteiger partial charge in [-0.15, -0.1) is 0 Å². The van der Waals surface area contributed by atoms with Gasteiger partial charge in [0.15, 0.2) is 0 Å². The molecule has 1 aliphatic rings. The molecule has 126 valence electrons. The van der Waals surface area contributed by atoms with Crippen molar-refractivity contribution in [1.29, 1.82) is 0 Å². The Labute approximate surface area is 142 Å². The second-order valence-electron chi connectivity index (χ2n) is 6.25. The number of sulfonamides is 1. The van der Waals surface area contributed by atoms with Crippen molar-refractivity contribution in [2.45, 2.75) is 31.7 Å². The minimum absolute atomic E-state index is 0.0373. The third kappa shape index (κ3) is 3.20. The molecule has 0 bridgehead atoms. The lowest BCUT2D eigenvalue weighted by Gasteiger charge is -2.29. The molecule has 1 aliphatic heterocycles. The molecule has 3 rings (SSSR count). The summed E-state index contributed by atoms with van der Waals surface area (Å²) in [5.41, 5.74) is 4.78. The van der Waals surface area contributed by atoms with Gasteiger partial charge in [-0.25, -0.2) is 13.6 Å². The van der Waals surface area contributed by atoms with Gasteiger partial charge < -0.3 is 4.90 Å². The quantitative estimate of drug-likeness (QED) is 0.906. The van der Waals surface area contributed by atoms with E-state index in [1.165, 1.54) is 6.07 Å². The zero-order valence-corrected chi connectivity index (χ0v) is 14.6. The first-order chi connectivity index (χ1) is 11.3. The van der Waals surface area contributed by atoms with E-state index in [4.69, 9.17) is 5.14 Å². The molecule has 0 saturated heterocycles. The van der Waals surface area contributed by atoms with E-state index >= 15 is 0 Å². The summed E-state index contributed by atoms with van der Waals surface area (Å²) >= 11 is 0. The molecule has 0 aliphatic carbocycles. The van der Waals surface area contributed by atoms with Crippen LogP contribution in [-0.2, 0) is 23.0 Å². The van der Waals surface area contributed by atoms with Crippen molar-refractivity contribution in [1.82, 2.24) is 4.90 Å². The Morgan fingerprint density at radius 1 is 1.04 bits per heavy atom. The van der Waals surface area contributed by atoms with Gasteiger partial charge in [-0.05, 0) is 66.8 Å². The Hall–Kier alpha value is -2.18. The lowest BCUT2D eigenvalue weighted by Crippen LogP contribution is -2.36. The molecule has 0 atom stereocenters. The highest BCUT2D eigenvalue weighted by Crippen LogP contribution is 2.23. The van der Waals surface area contributed by atoms with Crippen LogP contribution >= 0.6 is 0 Å². The first-order valence-corrected chi connectivity index (χ1v) is 9.31. The van der Waals surface area contributed by atoms with Crippen molar-refractivity contribution in [2.24, 2.45) is 5.14 Å². The van der Waals surface area contributed by atoms with Gasteiger partial charge in [-0.2, -0.15) is 0 Å². The number of amides is 1. The number of fused-ring (bicyclic) bond motifs is 1. The third-order valence-corrected chi connectivity index (χ3v) is 5.47. The number of primary sulfonamides is 1. The van der Waals surface area contributed by atoms with Crippen LogP contribution in [0.1, 0.15) is 32.6 Å². The van der Waals surface area contributed by atoms with E-state index in [2.05, 4.69) is 0 Å². The van der Waals surface area contributed by atoms with Gasteiger partial charge in [0.1, 0.15) is 0 Å². The smallest absolute Gasteiger partial charge is 0.254 e. The number of nitrogens with zero attached hydrogens (tertiary/aromatic N) is 1. The summed E-state index contributed by atoms with van der Waals surface area (Å²) in [4.78, 5) is 14.6.